The van der Waals surface area contributed by atoms with Crippen LogP contribution in [0.1, 0.15) is 47.5 Å². The Hall–Kier alpha value is -0.790. The first-order valence-corrected chi connectivity index (χ1v) is 6.45. The van der Waals surface area contributed by atoms with Crippen LogP contribution in [0.4, 0.5) is 0 Å². The predicted molar refractivity (Wildman–Crippen MR) is 74.1 cm³/mol. The lowest BCUT2D eigenvalue weighted by molar-refractivity contribution is 0.445. The molecule has 0 aromatic rings. The molecule has 0 aliphatic heterocycles. The standard InChI is InChI=1S/C14H28N2/c1-7-9-12(3)10-11-13(4)16(6)14(5)15-8-2/h10-13H,7-9H2,1-6H3/b11-10-,15-14?. The van der Waals surface area contributed by atoms with E-state index in [9.17, 15) is 0 Å². The van der Waals surface area contributed by atoms with Crippen LogP contribution >= 0.6 is 0 Å². The Labute approximate surface area is 101 Å². The third-order valence-corrected chi connectivity index (χ3v) is 2.97. The van der Waals surface area contributed by atoms with E-state index < -0.39 is 0 Å². The number of rotatable bonds is 6. The highest BCUT2D eigenvalue weighted by molar-refractivity contribution is 5.79. The molecule has 0 rings (SSSR count). The summed E-state index contributed by atoms with van der Waals surface area (Å²) in [7, 11) is 2.11. The van der Waals surface area contributed by atoms with Crippen LogP contribution in [0.3, 0.4) is 0 Å². The van der Waals surface area contributed by atoms with Crippen LogP contribution in [0.25, 0.3) is 0 Å². The zero-order chi connectivity index (χ0) is 12.6. The molecule has 0 aliphatic rings. The van der Waals surface area contributed by atoms with Gasteiger partial charge in [-0.25, -0.2) is 0 Å². The Morgan fingerprint density at radius 2 is 1.88 bits per heavy atom. The van der Waals surface area contributed by atoms with E-state index in [1.54, 1.807) is 0 Å². The van der Waals surface area contributed by atoms with E-state index in [1.165, 1.54) is 12.8 Å². The van der Waals surface area contributed by atoms with Crippen LogP contribution in [0.5, 0.6) is 0 Å². The van der Waals surface area contributed by atoms with Crippen molar-refractivity contribution in [2.45, 2.75) is 53.5 Å². The molecule has 0 aromatic carbocycles. The normalized spacial score (nSPS) is 16.5. The van der Waals surface area contributed by atoms with Crippen LogP contribution < -0.4 is 0 Å². The summed E-state index contributed by atoms with van der Waals surface area (Å²) in [5, 5.41) is 0. The zero-order valence-electron chi connectivity index (χ0n) is 11.8. The van der Waals surface area contributed by atoms with Gasteiger partial charge in [0.25, 0.3) is 0 Å². The van der Waals surface area contributed by atoms with Gasteiger partial charge in [-0.05, 0) is 33.1 Å². The van der Waals surface area contributed by atoms with Crippen LogP contribution in [0.2, 0.25) is 0 Å². The second-order valence-corrected chi connectivity index (χ2v) is 4.52. The predicted octanol–water partition coefficient (Wildman–Crippen LogP) is 3.74. The summed E-state index contributed by atoms with van der Waals surface area (Å²) in [5.41, 5.74) is 0. The molecule has 0 aromatic heterocycles. The van der Waals surface area contributed by atoms with E-state index in [1.807, 2.05) is 0 Å². The summed E-state index contributed by atoms with van der Waals surface area (Å²) in [6, 6.07) is 0.426. The molecule has 16 heavy (non-hydrogen) atoms. The first kappa shape index (κ1) is 15.2. The summed E-state index contributed by atoms with van der Waals surface area (Å²) in [6.45, 7) is 11.7. The summed E-state index contributed by atoms with van der Waals surface area (Å²) in [6.07, 6.45) is 7.14. The molecule has 0 bridgehead atoms. The molecule has 0 saturated heterocycles. The van der Waals surface area contributed by atoms with Crippen molar-refractivity contribution >= 4 is 5.84 Å². The molecule has 0 saturated carbocycles. The monoisotopic (exact) mass is 224 g/mol. The highest BCUT2D eigenvalue weighted by atomic mass is 15.2. The summed E-state index contributed by atoms with van der Waals surface area (Å²) in [4.78, 5) is 6.64. The minimum Gasteiger partial charge on any atom is -0.358 e. The third-order valence-electron chi connectivity index (χ3n) is 2.97. The summed E-state index contributed by atoms with van der Waals surface area (Å²) < 4.78 is 0. The van der Waals surface area contributed by atoms with Gasteiger partial charge < -0.3 is 4.90 Å². The van der Waals surface area contributed by atoms with Crippen LogP contribution in [0.15, 0.2) is 17.1 Å². The molecule has 0 fully saturated rings. The molecule has 2 atom stereocenters. The number of allylic oxidation sites excluding steroid dienone is 1. The number of amidine groups is 1. The minimum absolute atomic E-state index is 0.426. The summed E-state index contributed by atoms with van der Waals surface area (Å²) >= 11 is 0. The van der Waals surface area contributed by atoms with Gasteiger partial charge in [0.15, 0.2) is 0 Å². The van der Waals surface area contributed by atoms with E-state index in [0.29, 0.717) is 12.0 Å². The molecule has 0 aliphatic carbocycles. The van der Waals surface area contributed by atoms with Crippen molar-refractivity contribution in [3.63, 3.8) is 0 Å². The van der Waals surface area contributed by atoms with Crippen LogP contribution in [0, 0.1) is 5.92 Å². The number of hydrogen-bond acceptors (Lipinski definition) is 1. The second kappa shape index (κ2) is 8.37. The van der Waals surface area contributed by atoms with Gasteiger partial charge in [-0.3, -0.25) is 4.99 Å². The SMILES string of the molecule is CCCC(C)/C=C\C(C)N(C)C(C)=NCC. The average Bonchev–Trinajstić information content (AvgIpc) is 2.25. The maximum atomic E-state index is 4.42. The molecule has 2 unspecified atom stereocenters. The Kier molecular flexibility index (Phi) is 7.96. The third kappa shape index (κ3) is 5.94. The van der Waals surface area contributed by atoms with E-state index in [2.05, 4.69) is 63.7 Å². The fourth-order valence-electron chi connectivity index (χ4n) is 1.67. The van der Waals surface area contributed by atoms with Gasteiger partial charge in [0.1, 0.15) is 0 Å². The molecule has 2 nitrogen and oxygen atoms in total. The lowest BCUT2D eigenvalue weighted by Crippen LogP contribution is -2.32. The molecular weight excluding hydrogens is 196 g/mol. The van der Waals surface area contributed by atoms with Gasteiger partial charge in [0, 0.05) is 19.6 Å². The lowest BCUT2D eigenvalue weighted by Gasteiger charge is -2.24. The fraction of sp³-hybridized carbons (Fsp3) is 0.786. The number of nitrogens with zero attached hydrogens (tertiary/aromatic N) is 2. The second-order valence-electron chi connectivity index (χ2n) is 4.52. The number of hydrogen-bond donors (Lipinski definition) is 0. The van der Waals surface area contributed by atoms with Gasteiger partial charge in [-0.2, -0.15) is 0 Å². The maximum Gasteiger partial charge on any atom is 0.0959 e. The van der Waals surface area contributed by atoms with E-state index in [4.69, 9.17) is 0 Å². The van der Waals surface area contributed by atoms with Gasteiger partial charge >= 0.3 is 0 Å². The van der Waals surface area contributed by atoms with Crippen LogP contribution in [-0.4, -0.2) is 30.4 Å². The van der Waals surface area contributed by atoms with E-state index >= 15 is 0 Å². The maximum absolute atomic E-state index is 4.42. The fourth-order valence-corrected chi connectivity index (χ4v) is 1.67. The quantitative estimate of drug-likeness (QED) is 0.381. The zero-order valence-corrected chi connectivity index (χ0v) is 11.8. The smallest absolute Gasteiger partial charge is 0.0959 e. The van der Waals surface area contributed by atoms with Crippen molar-refractivity contribution in [3.05, 3.63) is 12.2 Å². The topological polar surface area (TPSA) is 15.6 Å². The largest absolute Gasteiger partial charge is 0.358 e. The van der Waals surface area contributed by atoms with E-state index in [0.717, 1.165) is 12.4 Å². The molecule has 0 radical (unpaired) electrons. The van der Waals surface area contributed by atoms with Crippen molar-refractivity contribution < 1.29 is 0 Å². The molecule has 0 amide bonds. The van der Waals surface area contributed by atoms with Crippen molar-refractivity contribution in [2.75, 3.05) is 13.6 Å². The van der Waals surface area contributed by atoms with Gasteiger partial charge in [-0.1, -0.05) is 32.4 Å². The molecule has 0 spiro atoms. The van der Waals surface area contributed by atoms with E-state index in [-0.39, 0.29) is 0 Å². The molecule has 0 heterocycles. The number of aliphatic imine (C=N–C) groups is 1. The first-order chi connectivity index (χ1) is 7.52. The van der Waals surface area contributed by atoms with Crippen molar-refractivity contribution in [1.29, 1.82) is 0 Å². The van der Waals surface area contributed by atoms with Gasteiger partial charge in [-0.15, -0.1) is 0 Å². The van der Waals surface area contributed by atoms with Gasteiger partial charge in [0.2, 0.25) is 0 Å². The van der Waals surface area contributed by atoms with Crippen molar-refractivity contribution in [2.24, 2.45) is 10.9 Å². The Balaban J connectivity index is 4.23. The van der Waals surface area contributed by atoms with Gasteiger partial charge in [0.05, 0.1) is 5.84 Å². The van der Waals surface area contributed by atoms with Crippen LogP contribution in [-0.2, 0) is 0 Å². The number of likely N-dealkylation sites (N-methyl/N-ethyl adjacent to an activating group) is 1. The lowest BCUT2D eigenvalue weighted by atomic mass is 10.0. The molecule has 0 N–H and O–H groups in total. The Bertz CT molecular complexity index is 231. The Morgan fingerprint density at radius 1 is 1.25 bits per heavy atom. The first-order valence-electron chi connectivity index (χ1n) is 6.45. The van der Waals surface area contributed by atoms with Crippen molar-refractivity contribution in [1.82, 2.24) is 4.90 Å². The highest BCUT2D eigenvalue weighted by Gasteiger charge is 2.06. The molecule has 2 heteroatoms. The highest BCUT2D eigenvalue weighted by Crippen LogP contribution is 2.08. The average molecular weight is 224 g/mol. The Morgan fingerprint density at radius 3 is 2.38 bits per heavy atom. The van der Waals surface area contributed by atoms with Crippen molar-refractivity contribution in [3.8, 4) is 0 Å². The molecule has 94 valence electrons. The summed E-state index contributed by atoms with van der Waals surface area (Å²) in [5.74, 6) is 1.80. The minimum atomic E-state index is 0.426. The molecular formula is C14H28N2.